The Morgan fingerprint density at radius 1 is 1.75 bits per heavy atom. The average Bonchev–Trinajstić information content (AvgIpc) is 2.47. The Morgan fingerprint density at radius 2 is 2.50 bits per heavy atom. The molecule has 0 aliphatic carbocycles. The van der Waals surface area contributed by atoms with Crippen molar-refractivity contribution in [2.75, 3.05) is 13.7 Å². The molecule has 0 fully saturated rings. The summed E-state index contributed by atoms with van der Waals surface area (Å²) in [6.07, 6.45) is 4.45. The Balaban J connectivity index is 2.52. The standard InChI is InChI=1S/C8H15N3O/c1-11-5-4-10-8(11)7(9)3-6-12-2/h4-5,7H,3,6,9H2,1-2H3. The number of nitrogens with two attached hydrogens (primary N) is 1. The summed E-state index contributed by atoms with van der Waals surface area (Å²) < 4.78 is 6.86. The first kappa shape index (κ1) is 9.22. The van der Waals surface area contributed by atoms with Crippen LogP contribution in [0.25, 0.3) is 0 Å². The summed E-state index contributed by atoms with van der Waals surface area (Å²) in [7, 11) is 3.61. The SMILES string of the molecule is COCCC(N)c1nccn1C. The van der Waals surface area contributed by atoms with Crippen LogP contribution in [0.4, 0.5) is 0 Å². The molecule has 0 bridgehead atoms. The molecular weight excluding hydrogens is 154 g/mol. The first-order valence-electron chi connectivity index (χ1n) is 3.97. The van der Waals surface area contributed by atoms with Crippen molar-refractivity contribution < 1.29 is 4.74 Å². The van der Waals surface area contributed by atoms with E-state index in [0.717, 1.165) is 12.2 Å². The largest absolute Gasteiger partial charge is 0.385 e. The molecule has 0 saturated heterocycles. The molecule has 4 nitrogen and oxygen atoms in total. The fourth-order valence-corrected chi connectivity index (χ4v) is 1.11. The van der Waals surface area contributed by atoms with Crippen molar-refractivity contribution in [2.45, 2.75) is 12.5 Å². The Kier molecular flexibility index (Phi) is 3.25. The topological polar surface area (TPSA) is 53.1 Å². The van der Waals surface area contributed by atoms with Crippen LogP contribution in [0.2, 0.25) is 0 Å². The van der Waals surface area contributed by atoms with Crippen molar-refractivity contribution in [3.8, 4) is 0 Å². The van der Waals surface area contributed by atoms with Crippen LogP contribution in [-0.4, -0.2) is 23.3 Å². The second kappa shape index (κ2) is 4.23. The van der Waals surface area contributed by atoms with Gasteiger partial charge in [0.05, 0.1) is 6.04 Å². The summed E-state index contributed by atoms with van der Waals surface area (Å²) >= 11 is 0. The fourth-order valence-electron chi connectivity index (χ4n) is 1.11. The number of aryl methyl sites for hydroxylation is 1. The molecular formula is C8H15N3O. The number of ether oxygens (including phenoxy) is 1. The van der Waals surface area contributed by atoms with Gasteiger partial charge in [0.2, 0.25) is 0 Å². The minimum absolute atomic E-state index is 0.0232. The predicted molar refractivity (Wildman–Crippen MR) is 46.6 cm³/mol. The van der Waals surface area contributed by atoms with Gasteiger partial charge in [-0.2, -0.15) is 0 Å². The Hall–Kier alpha value is -0.870. The van der Waals surface area contributed by atoms with E-state index in [1.807, 2.05) is 17.8 Å². The van der Waals surface area contributed by atoms with Crippen molar-refractivity contribution in [3.05, 3.63) is 18.2 Å². The normalized spacial score (nSPS) is 13.2. The van der Waals surface area contributed by atoms with Crippen LogP contribution in [0.3, 0.4) is 0 Å². The quantitative estimate of drug-likeness (QED) is 0.712. The number of hydrogen-bond donors (Lipinski definition) is 1. The van der Waals surface area contributed by atoms with Crippen molar-refractivity contribution in [1.82, 2.24) is 9.55 Å². The third-order valence-electron chi connectivity index (χ3n) is 1.82. The van der Waals surface area contributed by atoms with E-state index in [1.54, 1.807) is 13.3 Å². The van der Waals surface area contributed by atoms with E-state index in [4.69, 9.17) is 10.5 Å². The van der Waals surface area contributed by atoms with E-state index in [2.05, 4.69) is 4.98 Å². The molecule has 0 amide bonds. The monoisotopic (exact) mass is 169 g/mol. The second-order valence-electron chi connectivity index (χ2n) is 2.78. The smallest absolute Gasteiger partial charge is 0.125 e. The molecule has 1 heterocycles. The highest BCUT2D eigenvalue weighted by Gasteiger charge is 2.09. The molecule has 1 aromatic rings. The summed E-state index contributed by atoms with van der Waals surface area (Å²) in [5.74, 6) is 0.909. The molecule has 0 aliphatic rings. The Bertz CT molecular complexity index is 234. The van der Waals surface area contributed by atoms with E-state index in [-0.39, 0.29) is 6.04 Å². The summed E-state index contributed by atoms with van der Waals surface area (Å²) in [5.41, 5.74) is 5.86. The van der Waals surface area contributed by atoms with Crippen LogP contribution in [0.5, 0.6) is 0 Å². The van der Waals surface area contributed by atoms with E-state index in [9.17, 15) is 0 Å². The van der Waals surface area contributed by atoms with Crippen molar-refractivity contribution in [3.63, 3.8) is 0 Å². The number of imidazole rings is 1. The molecule has 0 aromatic carbocycles. The minimum Gasteiger partial charge on any atom is -0.385 e. The summed E-state index contributed by atoms with van der Waals surface area (Å²) in [6, 6.07) is -0.0232. The van der Waals surface area contributed by atoms with Crippen molar-refractivity contribution >= 4 is 0 Å². The van der Waals surface area contributed by atoms with Gasteiger partial charge in [-0.25, -0.2) is 4.98 Å². The Morgan fingerprint density at radius 3 is 3.00 bits per heavy atom. The first-order chi connectivity index (χ1) is 5.75. The highest BCUT2D eigenvalue weighted by molar-refractivity contribution is 4.97. The van der Waals surface area contributed by atoms with E-state index >= 15 is 0 Å². The maximum atomic E-state index is 5.86. The molecule has 68 valence electrons. The molecule has 4 heteroatoms. The summed E-state index contributed by atoms with van der Waals surface area (Å²) in [5, 5.41) is 0. The van der Waals surface area contributed by atoms with Gasteiger partial charge in [0.15, 0.2) is 0 Å². The van der Waals surface area contributed by atoms with Crippen LogP contribution < -0.4 is 5.73 Å². The molecule has 12 heavy (non-hydrogen) atoms. The van der Waals surface area contributed by atoms with Crippen molar-refractivity contribution in [2.24, 2.45) is 12.8 Å². The lowest BCUT2D eigenvalue weighted by Gasteiger charge is -2.10. The number of aromatic nitrogens is 2. The number of methoxy groups -OCH3 is 1. The second-order valence-corrected chi connectivity index (χ2v) is 2.78. The predicted octanol–water partition coefficient (Wildman–Crippen LogP) is 0.456. The number of hydrogen-bond acceptors (Lipinski definition) is 3. The van der Waals surface area contributed by atoms with Gasteiger partial charge >= 0.3 is 0 Å². The highest BCUT2D eigenvalue weighted by atomic mass is 16.5. The molecule has 0 saturated carbocycles. The molecule has 2 N–H and O–H groups in total. The number of nitrogens with zero attached hydrogens (tertiary/aromatic N) is 2. The zero-order chi connectivity index (χ0) is 8.97. The van der Waals surface area contributed by atoms with Gasteiger partial charge in [-0.1, -0.05) is 0 Å². The lowest BCUT2D eigenvalue weighted by molar-refractivity contribution is 0.187. The van der Waals surface area contributed by atoms with Gasteiger partial charge in [0.25, 0.3) is 0 Å². The average molecular weight is 169 g/mol. The van der Waals surface area contributed by atoms with Crippen LogP contribution in [0.1, 0.15) is 18.3 Å². The zero-order valence-electron chi connectivity index (χ0n) is 7.53. The van der Waals surface area contributed by atoms with E-state index < -0.39 is 0 Å². The summed E-state index contributed by atoms with van der Waals surface area (Å²) in [4.78, 5) is 4.15. The lowest BCUT2D eigenvalue weighted by Crippen LogP contribution is -2.16. The zero-order valence-corrected chi connectivity index (χ0v) is 7.53. The lowest BCUT2D eigenvalue weighted by atomic mass is 10.2. The molecule has 1 unspecified atom stereocenters. The van der Waals surface area contributed by atoms with E-state index in [1.165, 1.54) is 0 Å². The van der Waals surface area contributed by atoms with Gasteiger partial charge in [0.1, 0.15) is 5.82 Å². The molecule has 0 aliphatic heterocycles. The first-order valence-corrected chi connectivity index (χ1v) is 3.97. The fraction of sp³-hybridized carbons (Fsp3) is 0.625. The molecule has 1 aromatic heterocycles. The van der Waals surface area contributed by atoms with Gasteiger partial charge in [-0.3, -0.25) is 0 Å². The van der Waals surface area contributed by atoms with Gasteiger partial charge in [-0.15, -0.1) is 0 Å². The summed E-state index contributed by atoms with van der Waals surface area (Å²) in [6.45, 7) is 0.675. The van der Waals surface area contributed by atoms with Crippen molar-refractivity contribution in [1.29, 1.82) is 0 Å². The molecule has 1 atom stereocenters. The van der Waals surface area contributed by atoms with E-state index in [0.29, 0.717) is 6.61 Å². The maximum Gasteiger partial charge on any atom is 0.125 e. The van der Waals surface area contributed by atoms with Crippen LogP contribution in [0, 0.1) is 0 Å². The molecule has 0 radical (unpaired) electrons. The minimum atomic E-state index is -0.0232. The van der Waals surface area contributed by atoms with Crippen LogP contribution in [-0.2, 0) is 11.8 Å². The van der Waals surface area contributed by atoms with Crippen LogP contribution in [0.15, 0.2) is 12.4 Å². The Labute approximate surface area is 72.3 Å². The molecule has 0 spiro atoms. The highest BCUT2D eigenvalue weighted by Crippen LogP contribution is 2.09. The molecule has 1 rings (SSSR count). The third kappa shape index (κ3) is 2.06. The van der Waals surface area contributed by atoms with Gasteiger partial charge < -0.3 is 15.0 Å². The van der Waals surface area contributed by atoms with Gasteiger partial charge in [0, 0.05) is 33.2 Å². The van der Waals surface area contributed by atoms with Crippen LogP contribution >= 0.6 is 0 Å². The number of rotatable bonds is 4. The third-order valence-corrected chi connectivity index (χ3v) is 1.82. The maximum absolute atomic E-state index is 5.86. The van der Waals surface area contributed by atoms with Gasteiger partial charge in [-0.05, 0) is 6.42 Å².